The van der Waals surface area contributed by atoms with E-state index in [0.29, 0.717) is 6.42 Å². The van der Waals surface area contributed by atoms with Gasteiger partial charge in [-0.2, -0.15) is 0 Å². The molecule has 4 unspecified atom stereocenters. The number of hydrogen-bond donors (Lipinski definition) is 0. The molecule has 1 saturated carbocycles. The molecule has 0 aliphatic heterocycles. The van der Waals surface area contributed by atoms with Gasteiger partial charge in [0.05, 0.1) is 0 Å². The van der Waals surface area contributed by atoms with Gasteiger partial charge in [-0.1, -0.05) is 5.92 Å². The maximum absolute atomic E-state index is 10.1. The van der Waals surface area contributed by atoms with Crippen LogP contribution in [0.15, 0.2) is 0 Å². The lowest BCUT2D eigenvalue weighted by molar-refractivity contribution is -0.108. The quantitative estimate of drug-likeness (QED) is 0.396. The van der Waals surface area contributed by atoms with Crippen LogP contribution in [0.25, 0.3) is 0 Å². The number of carbonyl (C=O) groups is 1. The van der Waals surface area contributed by atoms with Gasteiger partial charge in [0.25, 0.3) is 0 Å². The molecule has 0 heterocycles. The summed E-state index contributed by atoms with van der Waals surface area (Å²) in [5, 5.41) is 0. The van der Waals surface area contributed by atoms with Crippen LogP contribution in [0, 0.1) is 23.7 Å². The molecule has 0 radical (unpaired) electrons. The van der Waals surface area contributed by atoms with E-state index >= 15 is 0 Å². The van der Waals surface area contributed by atoms with Crippen molar-refractivity contribution in [3.8, 4) is 11.8 Å². The molecule has 2 nitrogen and oxygen atoms in total. The van der Waals surface area contributed by atoms with Crippen LogP contribution in [0.4, 0.5) is 0 Å². The highest BCUT2D eigenvalue weighted by atomic mass is 31.0. The Bertz CT molecular complexity index is 241. The Morgan fingerprint density at radius 2 is 2.43 bits per heavy atom. The Morgan fingerprint density at radius 1 is 1.64 bits per heavy atom. The van der Waals surface area contributed by atoms with Crippen molar-refractivity contribution in [2.45, 2.75) is 38.7 Å². The third-order valence-corrected chi connectivity index (χ3v) is 3.01. The van der Waals surface area contributed by atoms with Crippen LogP contribution >= 0.6 is 9.47 Å². The molecule has 3 heteroatoms. The number of aldehydes is 1. The highest BCUT2D eigenvalue weighted by molar-refractivity contribution is 7.09. The zero-order chi connectivity index (χ0) is 10.4. The second-order valence-electron chi connectivity index (χ2n) is 3.80. The molecule has 1 fully saturated rings. The van der Waals surface area contributed by atoms with Crippen LogP contribution in [0.3, 0.4) is 0 Å². The van der Waals surface area contributed by atoms with Crippen LogP contribution in [0.2, 0.25) is 0 Å². The van der Waals surface area contributed by atoms with Crippen LogP contribution in [0.5, 0.6) is 0 Å². The van der Waals surface area contributed by atoms with Crippen molar-refractivity contribution in [1.82, 2.24) is 0 Å². The molecule has 1 rings (SSSR count). The van der Waals surface area contributed by atoms with E-state index in [2.05, 4.69) is 21.3 Å². The zero-order valence-electron chi connectivity index (χ0n) is 8.53. The van der Waals surface area contributed by atoms with E-state index in [1.54, 1.807) is 0 Å². The van der Waals surface area contributed by atoms with E-state index in [1.807, 2.05) is 6.92 Å². The topological polar surface area (TPSA) is 26.3 Å². The molecule has 0 N–H and O–H groups in total. The number of carbonyl (C=O) groups excluding carboxylic acids is 1. The summed E-state index contributed by atoms with van der Waals surface area (Å²) in [5.41, 5.74) is 0. The van der Waals surface area contributed by atoms with Gasteiger partial charge in [-0.05, 0) is 31.6 Å². The lowest BCUT2D eigenvalue weighted by Crippen LogP contribution is -1.95. The minimum Gasteiger partial charge on any atom is -0.350 e. The molecule has 0 saturated heterocycles. The first-order valence-electron chi connectivity index (χ1n) is 5.05. The van der Waals surface area contributed by atoms with Crippen molar-refractivity contribution >= 4 is 15.8 Å². The Balaban J connectivity index is 2.09. The van der Waals surface area contributed by atoms with Crippen LogP contribution in [-0.2, 0) is 9.32 Å². The summed E-state index contributed by atoms with van der Waals surface area (Å²) in [6, 6.07) is 0. The SMILES string of the molecule is CC(C#CCC1CC1CCC=O)OP. The average Bonchev–Trinajstić information content (AvgIpc) is 2.93. The monoisotopic (exact) mass is 212 g/mol. The summed E-state index contributed by atoms with van der Waals surface area (Å²) in [5.74, 6) is 7.63. The normalized spacial score (nSPS) is 26.1. The maximum atomic E-state index is 10.1. The summed E-state index contributed by atoms with van der Waals surface area (Å²) in [4.78, 5) is 10.1. The third kappa shape index (κ3) is 4.22. The summed E-state index contributed by atoms with van der Waals surface area (Å²) in [6.45, 7) is 1.93. The molecule has 1 aliphatic carbocycles. The summed E-state index contributed by atoms with van der Waals surface area (Å²) < 4.78 is 4.94. The first-order chi connectivity index (χ1) is 6.77. The van der Waals surface area contributed by atoms with Crippen molar-refractivity contribution in [3.05, 3.63) is 0 Å². The van der Waals surface area contributed by atoms with Crippen molar-refractivity contribution < 1.29 is 9.32 Å². The van der Waals surface area contributed by atoms with Gasteiger partial charge in [0.1, 0.15) is 12.4 Å². The smallest absolute Gasteiger partial charge is 0.120 e. The molecule has 0 aromatic rings. The molecule has 4 atom stereocenters. The first kappa shape index (κ1) is 11.7. The van der Waals surface area contributed by atoms with E-state index in [4.69, 9.17) is 4.52 Å². The summed E-state index contributed by atoms with van der Waals surface area (Å²) >= 11 is 0. The van der Waals surface area contributed by atoms with E-state index in [-0.39, 0.29) is 6.10 Å². The van der Waals surface area contributed by atoms with Gasteiger partial charge in [-0.15, -0.1) is 5.92 Å². The maximum Gasteiger partial charge on any atom is 0.120 e. The van der Waals surface area contributed by atoms with Crippen LogP contribution < -0.4 is 0 Å². The molecule has 14 heavy (non-hydrogen) atoms. The van der Waals surface area contributed by atoms with Gasteiger partial charge in [0, 0.05) is 22.3 Å². The third-order valence-electron chi connectivity index (χ3n) is 2.60. The lowest BCUT2D eigenvalue weighted by atomic mass is 10.1. The number of hydrogen-bond acceptors (Lipinski definition) is 2. The fraction of sp³-hybridized carbons (Fsp3) is 0.727. The van der Waals surface area contributed by atoms with Crippen LogP contribution in [-0.4, -0.2) is 12.4 Å². The molecule has 0 aromatic carbocycles. The standard InChI is InChI=1S/C11H17O2P/c1-9(13-14)4-2-5-10-8-11(10)6-3-7-12/h7,9-11H,3,5-6,8,14H2,1H3. The highest BCUT2D eigenvalue weighted by Gasteiger charge is 2.35. The van der Waals surface area contributed by atoms with E-state index < -0.39 is 0 Å². The van der Waals surface area contributed by atoms with Crippen molar-refractivity contribution in [3.63, 3.8) is 0 Å². The zero-order valence-corrected chi connectivity index (χ0v) is 9.69. The van der Waals surface area contributed by atoms with Gasteiger partial charge in [0.2, 0.25) is 0 Å². The van der Waals surface area contributed by atoms with Gasteiger partial charge >= 0.3 is 0 Å². The molecule has 0 aromatic heterocycles. The second kappa shape index (κ2) is 6.17. The van der Waals surface area contributed by atoms with E-state index in [9.17, 15) is 4.79 Å². The summed E-state index contributed by atoms with van der Waals surface area (Å²) in [6.07, 6.45) is 4.98. The minimum absolute atomic E-state index is 0.00664. The first-order valence-corrected chi connectivity index (χ1v) is 5.52. The Labute approximate surface area is 88.1 Å². The molecule has 1 aliphatic rings. The fourth-order valence-electron chi connectivity index (χ4n) is 1.56. The fourth-order valence-corrected chi connectivity index (χ4v) is 1.63. The molecule has 0 bridgehead atoms. The molecular weight excluding hydrogens is 195 g/mol. The van der Waals surface area contributed by atoms with Gasteiger partial charge in [0.15, 0.2) is 0 Å². The predicted octanol–water partition coefficient (Wildman–Crippen LogP) is 2.19. The molecule has 78 valence electrons. The second-order valence-corrected chi connectivity index (χ2v) is 4.08. The molecular formula is C11H17O2P. The Morgan fingerprint density at radius 3 is 3.07 bits per heavy atom. The lowest BCUT2D eigenvalue weighted by Gasteiger charge is -1.96. The van der Waals surface area contributed by atoms with E-state index in [1.165, 1.54) is 6.42 Å². The Hall–Kier alpha value is -0.380. The minimum atomic E-state index is 0.00664. The molecule has 0 amide bonds. The van der Waals surface area contributed by atoms with Gasteiger partial charge in [-0.3, -0.25) is 0 Å². The summed E-state index contributed by atoms with van der Waals surface area (Å²) in [7, 11) is 2.22. The largest absolute Gasteiger partial charge is 0.350 e. The predicted molar refractivity (Wildman–Crippen MR) is 59.5 cm³/mol. The average molecular weight is 212 g/mol. The number of rotatable bonds is 5. The Kier molecular flexibility index (Phi) is 5.15. The van der Waals surface area contributed by atoms with Crippen molar-refractivity contribution in [2.75, 3.05) is 0 Å². The molecule has 0 spiro atoms. The van der Waals surface area contributed by atoms with Crippen molar-refractivity contribution in [1.29, 1.82) is 0 Å². The van der Waals surface area contributed by atoms with Gasteiger partial charge in [-0.25, -0.2) is 0 Å². The van der Waals surface area contributed by atoms with Crippen molar-refractivity contribution in [2.24, 2.45) is 11.8 Å². The highest BCUT2D eigenvalue weighted by Crippen LogP contribution is 2.43. The van der Waals surface area contributed by atoms with Crippen LogP contribution in [0.1, 0.15) is 32.6 Å². The van der Waals surface area contributed by atoms with E-state index in [0.717, 1.165) is 31.0 Å². The van der Waals surface area contributed by atoms with Gasteiger partial charge < -0.3 is 9.32 Å².